The highest BCUT2D eigenvalue weighted by Crippen LogP contribution is 2.42. The Morgan fingerprint density at radius 2 is 1.35 bits per heavy atom. The van der Waals surface area contributed by atoms with Crippen LogP contribution in [-0.4, -0.2) is 8.07 Å². The monoisotopic (exact) mass is 332 g/mol. The quantitative estimate of drug-likeness (QED) is 0.428. The third-order valence-corrected chi connectivity index (χ3v) is 12.1. The minimum absolute atomic E-state index is 0.376. The summed E-state index contributed by atoms with van der Waals surface area (Å²) in [6.07, 6.45) is 2.53. The number of hydrogen-bond donors (Lipinski definition) is 0. The lowest BCUT2D eigenvalue weighted by atomic mass is 9.70. The zero-order valence-electron chi connectivity index (χ0n) is 17.0. The largest absolute Gasteiger partial charge is 0.0859 e. The van der Waals surface area contributed by atoms with E-state index >= 15 is 0 Å². The van der Waals surface area contributed by atoms with Crippen LogP contribution in [0.2, 0.25) is 18.1 Å². The zero-order chi connectivity index (χ0) is 17.7. The summed E-state index contributed by atoms with van der Waals surface area (Å²) >= 11 is 0. The Kier molecular flexibility index (Phi) is 7.58. The van der Waals surface area contributed by atoms with Gasteiger partial charge in [0.1, 0.15) is 0 Å². The van der Waals surface area contributed by atoms with Gasteiger partial charge >= 0.3 is 0 Å². The number of rotatable bonds is 9. The van der Waals surface area contributed by atoms with Gasteiger partial charge in [-0.05, 0) is 29.2 Å². The smallest absolute Gasteiger partial charge is 0.0675 e. The Balaban J connectivity index is 3.17. The van der Waals surface area contributed by atoms with Crippen molar-refractivity contribution in [3.8, 4) is 0 Å². The third-order valence-electron chi connectivity index (χ3n) is 6.52. The van der Waals surface area contributed by atoms with E-state index in [-0.39, 0.29) is 0 Å². The van der Waals surface area contributed by atoms with Gasteiger partial charge in [0.15, 0.2) is 0 Å². The van der Waals surface area contributed by atoms with Crippen LogP contribution >= 0.6 is 0 Å². The molecule has 0 radical (unpaired) electrons. The molecule has 0 bridgehead atoms. The van der Waals surface area contributed by atoms with Crippen molar-refractivity contribution in [2.45, 2.75) is 92.3 Å². The molecule has 132 valence electrons. The molecule has 0 saturated carbocycles. The summed E-state index contributed by atoms with van der Waals surface area (Å²) in [6.45, 7) is 19.1. The standard InChI is InChI=1S/C22H40Si/c1-9-22(7,8)21(17-18(5)6)19-13-15-20(16-14-19)23(10-2,11-3)12-4/h13-16,18,21H,9-12,17H2,1-8H3. The van der Waals surface area contributed by atoms with Gasteiger partial charge < -0.3 is 0 Å². The summed E-state index contributed by atoms with van der Waals surface area (Å²) < 4.78 is 0. The maximum atomic E-state index is 2.48. The molecule has 0 spiro atoms. The van der Waals surface area contributed by atoms with Gasteiger partial charge in [-0.3, -0.25) is 0 Å². The summed E-state index contributed by atoms with van der Waals surface area (Å²) in [4.78, 5) is 0. The average Bonchev–Trinajstić information content (AvgIpc) is 2.55. The molecule has 1 unspecified atom stereocenters. The van der Waals surface area contributed by atoms with E-state index in [1.54, 1.807) is 10.8 Å². The van der Waals surface area contributed by atoms with Crippen molar-refractivity contribution in [2.24, 2.45) is 11.3 Å². The molecule has 0 N–H and O–H groups in total. The predicted molar refractivity (Wildman–Crippen MR) is 110 cm³/mol. The molecule has 23 heavy (non-hydrogen) atoms. The summed E-state index contributed by atoms with van der Waals surface area (Å²) in [7, 11) is -1.24. The Morgan fingerprint density at radius 3 is 1.70 bits per heavy atom. The van der Waals surface area contributed by atoms with Gasteiger partial charge in [0.05, 0.1) is 8.07 Å². The predicted octanol–water partition coefficient (Wildman–Crippen LogP) is 6.97. The fourth-order valence-corrected chi connectivity index (χ4v) is 7.65. The third kappa shape index (κ3) is 4.72. The Morgan fingerprint density at radius 1 is 0.870 bits per heavy atom. The fraction of sp³-hybridized carbons (Fsp3) is 0.727. The van der Waals surface area contributed by atoms with Gasteiger partial charge in [-0.2, -0.15) is 0 Å². The molecule has 0 aliphatic heterocycles. The zero-order valence-corrected chi connectivity index (χ0v) is 18.0. The minimum atomic E-state index is -1.24. The molecule has 0 aliphatic rings. The topological polar surface area (TPSA) is 0 Å². The second kappa shape index (κ2) is 8.51. The second-order valence-electron chi connectivity index (χ2n) is 8.49. The summed E-state index contributed by atoms with van der Waals surface area (Å²) in [6, 6.07) is 14.0. The van der Waals surface area contributed by atoms with E-state index in [2.05, 4.69) is 79.7 Å². The first-order valence-electron chi connectivity index (χ1n) is 9.86. The number of benzene rings is 1. The van der Waals surface area contributed by atoms with E-state index in [0.29, 0.717) is 11.3 Å². The van der Waals surface area contributed by atoms with Crippen molar-refractivity contribution in [2.75, 3.05) is 0 Å². The van der Waals surface area contributed by atoms with Crippen molar-refractivity contribution in [3.05, 3.63) is 29.8 Å². The van der Waals surface area contributed by atoms with Gasteiger partial charge in [0, 0.05) is 0 Å². The summed E-state index contributed by atoms with van der Waals surface area (Å²) in [5.41, 5.74) is 1.93. The first-order valence-corrected chi connectivity index (χ1v) is 12.5. The van der Waals surface area contributed by atoms with Crippen LogP contribution in [0.3, 0.4) is 0 Å². The molecule has 0 amide bonds. The lowest BCUT2D eigenvalue weighted by Gasteiger charge is -2.36. The molecule has 0 fully saturated rings. The van der Waals surface area contributed by atoms with E-state index in [0.717, 1.165) is 5.92 Å². The second-order valence-corrected chi connectivity index (χ2v) is 13.7. The van der Waals surface area contributed by atoms with Crippen LogP contribution < -0.4 is 5.19 Å². The molecule has 0 nitrogen and oxygen atoms in total. The van der Waals surface area contributed by atoms with Crippen LogP contribution in [0, 0.1) is 11.3 Å². The SMILES string of the molecule is CCC(C)(C)C(CC(C)C)c1ccc([Si](CC)(CC)CC)cc1. The molecule has 1 atom stereocenters. The molecule has 1 aromatic rings. The van der Waals surface area contributed by atoms with Crippen LogP contribution in [0.1, 0.15) is 79.7 Å². The lowest BCUT2D eigenvalue weighted by molar-refractivity contribution is 0.242. The highest BCUT2D eigenvalue weighted by atomic mass is 28.3. The molecule has 0 aromatic heterocycles. The summed E-state index contributed by atoms with van der Waals surface area (Å²) in [5, 5.41) is 1.67. The Hall–Kier alpha value is -0.563. The van der Waals surface area contributed by atoms with E-state index < -0.39 is 8.07 Å². The van der Waals surface area contributed by atoms with Gasteiger partial charge in [0.25, 0.3) is 0 Å². The van der Waals surface area contributed by atoms with Crippen LogP contribution in [0.5, 0.6) is 0 Å². The maximum absolute atomic E-state index is 2.48. The highest BCUT2D eigenvalue weighted by molar-refractivity contribution is 6.91. The minimum Gasteiger partial charge on any atom is -0.0675 e. The molecule has 1 aromatic carbocycles. The normalized spacial score (nSPS) is 14.3. The Bertz CT molecular complexity index is 443. The average molecular weight is 333 g/mol. The van der Waals surface area contributed by atoms with Crippen molar-refractivity contribution >= 4 is 13.3 Å². The Labute approximate surface area is 147 Å². The molecular formula is C22H40Si. The van der Waals surface area contributed by atoms with E-state index in [9.17, 15) is 0 Å². The lowest BCUT2D eigenvalue weighted by Crippen LogP contribution is -2.45. The first kappa shape index (κ1) is 20.5. The molecule has 1 heteroatoms. The molecule has 0 aliphatic carbocycles. The van der Waals surface area contributed by atoms with Gasteiger partial charge in [0.2, 0.25) is 0 Å². The van der Waals surface area contributed by atoms with Crippen LogP contribution in [0.25, 0.3) is 0 Å². The van der Waals surface area contributed by atoms with Crippen molar-refractivity contribution in [1.82, 2.24) is 0 Å². The van der Waals surface area contributed by atoms with Crippen LogP contribution in [0.4, 0.5) is 0 Å². The molecule has 0 heterocycles. The van der Waals surface area contributed by atoms with E-state index in [4.69, 9.17) is 0 Å². The highest BCUT2D eigenvalue weighted by Gasteiger charge is 2.32. The van der Waals surface area contributed by atoms with Gasteiger partial charge in [-0.1, -0.05) is 109 Å². The van der Waals surface area contributed by atoms with Crippen molar-refractivity contribution < 1.29 is 0 Å². The van der Waals surface area contributed by atoms with Gasteiger partial charge in [-0.15, -0.1) is 0 Å². The maximum Gasteiger partial charge on any atom is 0.0859 e. The molecule has 1 rings (SSSR count). The molecule has 0 saturated heterocycles. The van der Waals surface area contributed by atoms with Crippen molar-refractivity contribution in [3.63, 3.8) is 0 Å². The molecular weight excluding hydrogens is 292 g/mol. The fourth-order valence-electron chi connectivity index (χ4n) is 4.06. The number of hydrogen-bond acceptors (Lipinski definition) is 0. The first-order chi connectivity index (χ1) is 10.8. The summed E-state index contributed by atoms with van der Waals surface area (Å²) in [5.74, 6) is 1.42. The van der Waals surface area contributed by atoms with E-state index in [1.165, 1.54) is 31.0 Å². The van der Waals surface area contributed by atoms with Crippen LogP contribution in [-0.2, 0) is 0 Å². The van der Waals surface area contributed by atoms with E-state index in [1.807, 2.05) is 0 Å². The van der Waals surface area contributed by atoms with Crippen molar-refractivity contribution in [1.29, 1.82) is 0 Å². The van der Waals surface area contributed by atoms with Gasteiger partial charge in [-0.25, -0.2) is 0 Å². The van der Waals surface area contributed by atoms with Crippen LogP contribution in [0.15, 0.2) is 24.3 Å².